The number of hydrogen-bond acceptors (Lipinski definition) is 6. The lowest BCUT2D eigenvalue weighted by atomic mass is 10.1. The molecule has 1 aliphatic heterocycles. The van der Waals surface area contributed by atoms with Gasteiger partial charge in [0.05, 0.1) is 13.3 Å². The molecule has 8 heteroatoms. The van der Waals surface area contributed by atoms with Gasteiger partial charge in [0.15, 0.2) is 17.4 Å². The van der Waals surface area contributed by atoms with Crippen LogP contribution in [0.15, 0.2) is 28.4 Å². The minimum absolute atomic E-state index is 0.0897. The minimum Gasteiger partial charge on any atom is -0.504 e. The lowest BCUT2D eigenvalue weighted by Crippen LogP contribution is -2.34. The average molecular weight is 276 g/mol. The fraction of sp³-hybridized carbons (Fsp3) is 0.167. The summed E-state index contributed by atoms with van der Waals surface area (Å²) in [6, 6.07) is 4.85. The Bertz CT molecular complexity index is 597. The number of carbonyl (C=O) groups is 2. The molecule has 0 aromatic heterocycles. The van der Waals surface area contributed by atoms with E-state index in [1.165, 1.54) is 19.5 Å². The second-order valence-electron chi connectivity index (χ2n) is 3.86. The highest BCUT2D eigenvalue weighted by atomic mass is 16.5. The van der Waals surface area contributed by atoms with Crippen LogP contribution in [0, 0.1) is 5.92 Å². The molecule has 1 unspecified atom stereocenters. The number of amides is 2. The minimum atomic E-state index is -0.994. The van der Waals surface area contributed by atoms with Crippen molar-refractivity contribution in [3.05, 3.63) is 23.8 Å². The molecule has 0 saturated heterocycles. The number of nitrogens with one attached hydrogen (secondary N) is 2. The van der Waals surface area contributed by atoms with Crippen molar-refractivity contribution in [1.29, 1.82) is 0 Å². The van der Waals surface area contributed by atoms with Gasteiger partial charge in [-0.1, -0.05) is 6.07 Å². The molecule has 104 valence electrons. The van der Waals surface area contributed by atoms with Gasteiger partial charge >= 0.3 is 0 Å². The van der Waals surface area contributed by atoms with Crippen LogP contribution in [0.4, 0.5) is 0 Å². The molecule has 0 saturated carbocycles. The fourth-order valence-electron chi connectivity index (χ4n) is 1.54. The van der Waals surface area contributed by atoms with Crippen molar-refractivity contribution in [3.8, 4) is 11.5 Å². The Morgan fingerprint density at radius 3 is 3.05 bits per heavy atom. The van der Waals surface area contributed by atoms with Crippen LogP contribution >= 0.6 is 0 Å². The van der Waals surface area contributed by atoms with Crippen LogP contribution in [0.25, 0.3) is 0 Å². The molecule has 0 spiro atoms. The standard InChI is InChI=1S/C12H12N4O4/c1-20-9-4-2-3-7(10(9)17)5-13-15-11(18)8-6-14-16-12(8)19/h2-6,8,17H,1H3,(H,15,18)(H,16,19)/b13-5+. The Morgan fingerprint density at radius 2 is 2.40 bits per heavy atom. The molecule has 1 aliphatic rings. The number of nitrogens with zero attached hydrogens (tertiary/aromatic N) is 2. The zero-order valence-electron chi connectivity index (χ0n) is 10.5. The maximum Gasteiger partial charge on any atom is 0.258 e. The third-order valence-electron chi connectivity index (χ3n) is 2.59. The molecule has 2 rings (SSSR count). The van der Waals surface area contributed by atoms with Crippen molar-refractivity contribution in [2.45, 2.75) is 0 Å². The predicted molar refractivity (Wildman–Crippen MR) is 70.5 cm³/mol. The van der Waals surface area contributed by atoms with Gasteiger partial charge in [0.2, 0.25) is 0 Å². The number of hydrogen-bond donors (Lipinski definition) is 3. The number of ether oxygens (including phenoxy) is 1. The number of rotatable bonds is 4. The summed E-state index contributed by atoms with van der Waals surface area (Å²) in [6.07, 6.45) is 2.44. The summed E-state index contributed by atoms with van der Waals surface area (Å²) in [5, 5.41) is 16.9. The first-order chi connectivity index (χ1) is 9.63. The number of phenols is 1. The topological polar surface area (TPSA) is 112 Å². The second kappa shape index (κ2) is 5.83. The molecule has 1 heterocycles. The smallest absolute Gasteiger partial charge is 0.258 e. The van der Waals surface area contributed by atoms with Gasteiger partial charge in [0.1, 0.15) is 0 Å². The maximum absolute atomic E-state index is 11.6. The van der Waals surface area contributed by atoms with Gasteiger partial charge in [0.25, 0.3) is 11.8 Å². The van der Waals surface area contributed by atoms with Crippen molar-refractivity contribution < 1.29 is 19.4 Å². The van der Waals surface area contributed by atoms with Crippen LogP contribution in [0.5, 0.6) is 11.5 Å². The molecule has 8 nitrogen and oxygen atoms in total. The van der Waals surface area contributed by atoms with Gasteiger partial charge in [-0.25, -0.2) is 10.9 Å². The fourth-order valence-corrected chi connectivity index (χ4v) is 1.54. The summed E-state index contributed by atoms with van der Waals surface area (Å²) in [6.45, 7) is 0. The summed E-state index contributed by atoms with van der Waals surface area (Å²) in [4.78, 5) is 22.8. The molecule has 0 radical (unpaired) electrons. The zero-order valence-corrected chi connectivity index (χ0v) is 10.5. The van der Waals surface area contributed by atoms with E-state index in [9.17, 15) is 14.7 Å². The van der Waals surface area contributed by atoms with Crippen LogP contribution in [-0.4, -0.2) is 36.5 Å². The Hall–Kier alpha value is -2.90. The normalized spacial score (nSPS) is 17.2. The van der Waals surface area contributed by atoms with Crippen LogP contribution in [0.2, 0.25) is 0 Å². The van der Waals surface area contributed by atoms with Gasteiger partial charge < -0.3 is 9.84 Å². The van der Waals surface area contributed by atoms with Crippen LogP contribution < -0.4 is 15.6 Å². The monoisotopic (exact) mass is 276 g/mol. The van der Waals surface area contributed by atoms with Gasteiger partial charge in [-0.05, 0) is 12.1 Å². The van der Waals surface area contributed by atoms with Crippen molar-refractivity contribution in [2.24, 2.45) is 16.1 Å². The number of carbonyl (C=O) groups excluding carboxylic acids is 2. The number of aromatic hydroxyl groups is 1. The Morgan fingerprint density at radius 1 is 1.60 bits per heavy atom. The number of hydrazone groups is 2. The number of phenolic OH excluding ortho intramolecular Hbond substituents is 1. The highest BCUT2D eigenvalue weighted by Gasteiger charge is 2.28. The highest BCUT2D eigenvalue weighted by molar-refractivity contribution is 6.15. The first kappa shape index (κ1) is 13.5. The third-order valence-corrected chi connectivity index (χ3v) is 2.59. The van der Waals surface area contributed by atoms with Gasteiger partial charge in [-0.15, -0.1) is 0 Å². The molecule has 2 amide bonds. The lowest BCUT2D eigenvalue weighted by molar-refractivity contribution is -0.131. The largest absolute Gasteiger partial charge is 0.504 e. The maximum atomic E-state index is 11.6. The summed E-state index contributed by atoms with van der Waals surface area (Å²) >= 11 is 0. The predicted octanol–water partition coefficient (Wildman–Crippen LogP) is -0.417. The summed E-state index contributed by atoms with van der Waals surface area (Å²) in [5.74, 6) is -1.91. The zero-order chi connectivity index (χ0) is 14.5. The quantitative estimate of drug-likeness (QED) is 0.394. The van der Waals surface area contributed by atoms with Crippen LogP contribution in [0.3, 0.4) is 0 Å². The molecule has 0 fully saturated rings. The van der Waals surface area contributed by atoms with E-state index in [-0.39, 0.29) is 5.75 Å². The van der Waals surface area contributed by atoms with E-state index in [1.807, 2.05) is 0 Å². The Labute approximate surface area is 114 Å². The molecular weight excluding hydrogens is 264 g/mol. The van der Waals surface area contributed by atoms with Crippen LogP contribution in [0.1, 0.15) is 5.56 Å². The Kier molecular flexibility index (Phi) is 3.94. The summed E-state index contributed by atoms with van der Waals surface area (Å²) in [5.41, 5.74) is 4.71. The van der Waals surface area contributed by atoms with Crippen molar-refractivity contribution in [3.63, 3.8) is 0 Å². The first-order valence-electron chi connectivity index (χ1n) is 5.65. The van der Waals surface area contributed by atoms with E-state index in [0.717, 1.165) is 0 Å². The van der Waals surface area contributed by atoms with E-state index >= 15 is 0 Å². The summed E-state index contributed by atoms with van der Waals surface area (Å²) < 4.78 is 4.94. The third kappa shape index (κ3) is 2.74. The van der Waals surface area contributed by atoms with E-state index in [2.05, 4.69) is 21.1 Å². The summed E-state index contributed by atoms with van der Waals surface area (Å²) in [7, 11) is 1.43. The number of benzene rings is 1. The first-order valence-corrected chi connectivity index (χ1v) is 5.65. The number of methoxy groups -OCH3 is 1. The van der Waals surface area contributed by atoms with Gasteiger partial charge in [0, 0.05) is 11.8 Å². The molecule has 0 aliphatic carbocycles. The van der Waals surface area contributed by atoms with Crippen LogP contribution in [-0.2, 0) is 9.59 Å². The van der Waals surface area contributed by atoms with Crippen molar-refractivity contribution in [2.75, 3.05) is 7.11 Å². The molecular formula is C12H12N4O4. The molecule has 1 atom stereocenters. The van der Waals surface area contributed by atoms with Crippen molar-refractivity contribution >= 4 is 24.2 Å². The average Bonchev–Trinajstić information content (AvgIpc) is 2.87. The van der Waals surface area contributed by atoms with E-state index < -0.39 is 17.7 Å². The molecule has 3 N–H and O–H groups in total. The van der Waals surface area contributed by atoms with Gasteiger partial charge in [-0.3, -0.25) is 9.59 Å². The molecule has 0 bridgehead atoms. The molecule has 1 aromatic rings. The second-order valence-corrected chi connectivity index (χ2v) is 3.86. The lowest BCUT2D eigenvalue weighted by Gasteiger charge is -2.05. The van der Waals surface area contributed by atoms with E-state index in [4.69, 9.17) is 4.74 Å². The number of para-hydroxylation sites is 1. The van der Waals surface area contributed by atoms with Gasteiger partial charge in [-0.2, -0.15) is 10.2 Å². The molecule has 1 aromatic carbocycles. The van der Waals surface area contributed by atoms with E-state index in [0.29, 0.717) is 11.3 Å². The Balaban J connectivity index is 2.02. The molecule has 20 heavy (non-hydrogen) atoms. The van der Waals surface area contributed by atoms with Crippen molar-refractivity contribution in [1.82, 2.24) is 10.9 Å². The SMILES string of the molecule is COc1cccc(/C=N/NC(=O)C2C=NNC2=O)c1O. The van der Waals surface area contributed by atoms with E-state index in [1.54, 1.807) is 18.2 Å². The highest BCUT2D eigenvalue weighted by Crippen LogP contribution is 2.27.